The molecule has 6 heteroatoms. The molecule has 0 spiro atoms. The molecule has 0 unspecified atom stereocenters. The summed E-state index contributed by atoms with van der Waals surface area (Å²) in [6.45, 7) is 4.97. The van der Waals surface area contributed by atoms with Crippen molar-refractivity contribution < 1.29 is 14.7 Å². The number of carbonyl (C=O) groups is 2. The van der Waals surface area contributed by atoms with Crippen LogP contribution in [0.1, 0.15) is 24.2 Å². The Labute approximate surface area is 99.3 Å². The van der Waals surface area contributed by atoms with Gasteiger partial charge in [0, 0.05) is 19.3 Å². The van der Waals surface area contributed by atoms with Gasteiger partial charge in [0.2, 0.25) is 0 Å². The van der Waals surface area contributed by atoms with Crippen molar-refractivity contribution in [2.24, 2.45) is 0 Å². The topological polar surface area (TPSA) is 82.5 Å². The van der Waals surface area contributed by atoms with Crippen LogP contribution < -0.4 is 5.32 Å². The number of amides is 2. The first-order valence-electron chi connectivity index (χ1n) is 5.33. The fourth-order valence-electron chi connectivity index (χ4n) is 1.29. The highest BCUT2D eigenvalue weighted by molar-refractivity contribution is 5.90. The molecule has 0 aliphatic heterocycles. The number of hydrogen-bond donors (Lipinski definition) is 2. The summed E-state index contributed by atoms with van der Waals surface area (Å²) in [5.41, 5.74) is 0.0887. The Morgan fingerprint density at radius 3 is 2.41 bits per heavy atom. The summed E-state index contributed by atoms with van der Waals surface area (Å²) < 4.78 is 0. The predicted molar refractivity (Wildman–Crippen MR) is 63.1 cm³/mol. The van der Waals surface area contributed by atoms with Crippen molar-refractivity contribution in [3.8, 4) is 0 Å². The number of urea groups is 1. The lowest BCUT2D eigenvalue weighted by atomic mass is 10.3. The van der Waals surface area contributed by atoms with Crippen molar-refractivity contribution >= 4 is 17.8 Å². The van der Waals surface area contributed by atoms with E-state index in [0.717, 1.165) is 0 Å². The highest BCUT2D eigenvalue weighted by Crippen LogP contribution is 2.06. The minimum absolute atomic E-state index is 0.0887. The molecule has 0 aliphatic rings. The SMILES string of the molecule is CCN(CC)C(=O)Nc1ccc(C(=O)O)cn1. The van der Waals surface area contributed by atoms with Crippen LogP contribution >= 0.6 is 0 Å². The molecule has 0 aliphatic carbocycles. The lowest BCUT2D eigenvalue weighted by Gasteiger charge is -2.18. The van der Waals surface area contributed by atoms with Crippen LogP contribution in [0.5, 0.6) is 0 Å². The van der Waals surface area contributed by atoms with Crippen molar-refractivity contribution in [3.63, 3.8) is 0 Å². The van der Waals surface area contributed by atoms with E-state index in [1.165, 1.54) is 18.3 Å². The van der Waals surface area contributed by atoms with E-state index in [9.17, 15) is 9.59 Å². The van der Waals surface area contributed by atoms with E-state index in [1.54, 1.807) is 4.90 Å². The van der Waals surface area contributed by atoms with Gasteiger partial charge < -0.3 is 10.0 Å². The number of rotatable bonds is 4. The zero-order chi connectivity index (χ0) is 12.8. The maximum atomic E-state index is 11.7. The van der Waals surface area contributed by atoms with Crippen molar-refractivity contribution in [3.05, 3.63) is 23.9 Å². The van der Waals surface area contributed by atoms with E-state index in [0.29, 0.717) is 18.9 Å². The third-order valence-corrected chi connectivity index (χ3v) is 2.30. The number of nitrogens with zero attached hydrogens (tertiary/aromatic N) is 2. The van der Waals surface area contributed by atoms with Crippen molar-refractivity contribution in [1.82, 2.24) is 9.88 Å². The molecule has 0 atom stereocenters. The minimum atomic E-state index is -1.04. The molecule has 0 fully saturated rings. The quantitative estimate of drug-likeness (QED) is 0.834. The molecule has 0 saturated heterocycles. The summed E-state index contributed by atoms with van der Waals surface area (Å²) in [7, 11) is 0. The van der Waals surface area contributed by atoms with E-state index >= 15 is 0 Å². The van der Waals surface area contributed by atoms with Crippen molar-refractivity contribution in [2.75, 3.05) is 18.4 Å². The molecular formula is C11H15N3O3. The molecular weight excluding hydrogens is 222 g/mol. The molecule has 6 nitrogen and oxygen atoms in total. The summed E-state index contributed by atoms with van der Waals surface area (Å²) in [5.74, 6) is -0.703. The number of carbonyl (C=O) groups excluding carboxylic acids is 1. The molecule has 0 radical (unpaired) electrons. The summed E-state index contributed by atoms with van der Waals surface area (Å²) in [6, 6.07) is 2.61. The Balaban J connectivity index is 2.69. The molecule has 1 rings (SSSR count). The molecule has 1 aromatic heterocycles. The zero-order valence-corrected chi connectivity index (χ0v) is 9.80. The van der Waals surface area contributed by atoms with E-state index < -0.39 is 5.97 Å². The van der Waals surface area contributed by atoms with Crippen LogP contribution in [0.4, 0.5) is 10.6 Å². The number of hydrogen-bond acceptors (Lipinski definition) is 3. The van der Waals surface area contributed by atoms with Gasteiger partial charge in [-0.05, 0) is 26.0 Å². The van der Waals surface area contributed by atoms with Gasteiger partial charge in [-0.25, -0.2) is 14.6 Å². The third-order valence-electron chi connectivity index (χ3n) is 2.30. The first-order valence-corrected chi connectivity index (χ1v) is 5.33. The number of aromatic nitrogens is 1. The number of nitrogens with one attached hydrogen (secondary N) is 1. The maximum absolute atomic E-state index is 11.7. The molecule has 92 valence electrons. The van der Waals surface area contributed by atoms with Gasteiger partial charge in [0.25, 0.3) is 0 Å². The first kappa shape index (κ1) is 13.0. The van der Waals surface area contributed by atoms with Gasteiger partial charge in [0.1, 0.15) is 5.82 Å². The number of carboxylic acid groups (broad SMARTS) is 1. The second-order valence-electron chi connectivity index (χ2n) is 3.34. The average Bonchev–Trinajstić information content (AvgIpc) is 2.31. The highest BCUT2D eigenvalue weighted by Gasteiger charge is 2.10. The molecule has 0 bridgehead atoms. The zero-order valence-electron chi connectivity index (χ0n) is 9.80. The molecule has 17 heavy (non-hydrogen) atoms. The number of anilines is 1. The smallest absolute Gasteiger partial charge is 0.337 e. The van der Waals surface area contributed by atoms with E-state index in [1.807, 2.05) is 13.8 Å². The van der Waals surface area contributed by atoms with Gasteiger partial charge in [0.05, 0.1) is 5.56 Å². The normalized spacial score (nSPS) is 9.76. The fourth-order valence-corrected chi connectivity index (χ4v) is 1.29. The van der Waals surface area contributed by atoms with E-state index in [2.05, 4.69) is 10.3 Å². The molecule has 0 saturated carbocycles. The molecule has 1 heterocycles. The van der Waals surface area contributed by atoms with Gasteiger partial charge in [-0.3, -0.25) is 5.32 Å². The van der Waals surface area contributed by atoms with Gasteiger partial charge in [-0.15, -0.1) is 0 Å². The summed E-state index contributed by atoms with van der Waals surface area (Å²) in [5, 5.41) is 11.3. The number of carboxylic acids is 1. The summed E-state index contributed by atoms with van der Waals surface area (Å²) in [4.78, 5) is 27.7. The minimum Gasteiger partial charge on any atom is -0.478 e. The second kappa shape index (κ2) is 5.83. The molecule has 0 aromatic carbocycles. The predicted octanol–water partition coefficient (Wildman–Crippen LogP) is 1.65. The third kappa shape index (κ3) is 3.44. The van der Waals surface area contributed by atoms with Gasteiger partial charge in [-0.1, -0.05) is 0 Å². The number of aromatic carboxylic acids is 1. The first-order chi connectivity index (χ1) is 8.08. The van der Waals surface area contributed by atoms with Gasteiger partial charge in [-0.2, -0.15) is 0 Å². The van der Waals surface area contributed by atoms with Crippen molar-refractivity contribution in [1.29, 1.82) is 0 Å². The van der Waals surface area contributed by atoms with Crippen LogP contribution in [0.15, 0.2) is 18.3 Å². The lowest BCUT2D eigenvalue weighted by molar-refractivity contribution is 0.0696. The number of pyridine rings is 1. The van der Waals surface area contributed by atoms with Crippen LogP contribution in [-0.4, -0.2) is 40.1 Å². The fraction of sp³-hybridized carbons (Fsp3) is 0.364. The molecule has 2 amide bonds. The van der Waals surface area contributed by atoms with Crippen LogP contribution in [0, 0.1) is 0 Å². The van der Waals surface area contributed by atoms with Crippen molar-refractivity contribution in [2.45, 2.75) is 13.8 Å². The lowest BCUT2D eigenvalue weighted by Crippen LogP contribution is -2.34. The standard InChI is InChI=1S/C11H15N3O3/c1-3-14(4-2)11(17)13-9-6-5-8(7-12-9)10(15)16/h5-7H,3-4H2,1-2H3,(H,15,16)(H,12,13,17). The molecule has 2 N–H and O–H groups in total. The van der Waals surface area contributed by atoms with Crippen LogP contribution in [0.2, 0.25) is 0 Å². The Kier molecular flexibility index (Phi) is 4.45. The van der Waals surface area contributed by atoms with Gasteiger partial charge in [0.15, 0.2) is 0 Å². The Morgan fingerprint density at radius 2 is 2.00 bits per heavy atom. The second-order valence-corrected chi connectivity index (χ2v) is 3.34. The van der Waals surface area contributed by atoms with Crippen LogP contribution in [0.3, 0.4) is 0 Å². The van der Waals surface area contributed by atoms with Crippen LogP contribution in [-0.2, 0) is 0 Å². The maximum Gasteiger partial charge on any atom is 0.337 e. The summed E-state index contributed by atoms with van der Waals surface area (Å²) >= 11 is 0. The Bertz CT molecular complexity index is 399. The monoisotopic (exact) mass is 237 g/mol. The Hall–Kier alpha value is -2.11. The van der Waals surface area contributed by atoms with E-state index in [-0.39, 0.29) is 11.6 Å². The molecule has 1 aromatic rings. The van der Waals surface area contributed by atoms with Gasteiger partial charge >= 0.3 is 12.0 Å². The summed E-state index contributed by atoms with van der Waals surface area (Å²) in [6.07, 6.45) is 1.21. The average molecular weight is 237 g/mol. The Morgan fingerprint density at radius 1 is 1.35 bits per heavy atom. The van der Waals surface area contributed by atoms with E-state index in [4.69, 9.17) is 5.11 Å². The highest BCUT2D eigenvalue weighted by atomic mass is 16.4. The van der Waals surface area contributed by atoms with Crippen LogP contribution in [0.25, 0.3) is 0 Å². The largest absolute Gasteiger partial charge is 0.478 e.